The Bertz CT molecular complexity index is 1380. The smallest absolute Gasteiger partial charge is 0.152 e. The molecule has 0 atom stereocenters. The highest BCUT2D eigenvalue weighted by Crippen LogP contribution is 2.44. The number of aryl methyl sites for hydroxylation is 1. The van der Waals surface area contributed by atoms with E-state index < -0.39 is 5.60 Å². The first-order valence-electron chi connectivity index (χ1n) is 12.2. The standard InChI is InChI=1S/C26H34N6O3S/c1-16-9-17-11-21(36-24(17)20(10-16)34-4)22-18(12-28-14-26(2,3)33)19(13-31-5-7-35-8-6-31)32-23(22)25(27)29-15-30-32/h9-11,15,28,33H,5-8,12-14H2,1-4H3,(H2,27,29,30). The van der Waals surface area contributed by atoms with Crippen molar-refractivity contribution in [1.29, 1.82) is 0 Å². The summed E-state index contributed by atoms with van der Waals surface area (Å²) >= 11 is 1.69. The number of hydrogen-bond acceptors (Lipinski definition) is 9. The van der Waals surface area contributed by atoms with Gasteiger partial charge >= 0.3 is 0 Å². The minimum atomic E-state index is -0.828. The van der Waals surface area contributed by atoms with E-state index in [9.17, 15) is 5.11 Å². The number of ether oxygens (including phenoxy) is 2. The summed E-state index contributed by atoms with van der Waals surface area (Å²) in [6, 6.07) is 6.44. The van der Waals surface area contributed by atoms with Crippen LogP contribution in [0.25, 0.3) is 26.0 Å². The molecule has 1 aliphatic heterocycles. The Morgan fingerprint density at radius 1 is 1.25 bits per heavy atom. The van der Waals surface area contributed by atoms with Crippen LogP contribution in [0.3, 0.4) is 0 Å². The Labute approximate surface area is 214 Å². The third kappa shape index (κ3) is 4.91. The first-order valence-corrected chi connectivity index (χ1v) is 13.0. The molecule has 1 saturated heterocycles. The van der Waals surface area contributed by atoms with Gasteiger partial charge in [0.2, 0.25) is 0 Å². The third-order valence-corrected chi connectivity index (χ3v) is 7.67. The average Bonchev–Trinajstić information content (AvgIpc) is 3.38. The van der Waals surface area contributed by atoms with Crippen molar-refractivity contribution in [3.63, 3.8) is 0 Å². The van der Waals surface area contributed by atoms with E-state index in [2.05, 4.69) is 45.4 Å². The summed E-state index contributed by atoms with van der Waals surface area (Å²) in [4.78, 5) is 7.81. The summed E-state index contributed by atoms with van der Waals surface area (Å²) in [5, 5.41) is 19.6. The molecule has 0 bridgehead atoms. The van der Waals surface area contributed by atoms with Crippen LogP contribution in [0.5, 0.6) is 5.75 Å². The molecule has 5 rings (SSSR count). The van der Waals surface area contributed by atoms with Crippen molar-refractivity contribution in [2.45, 2.75) is 39.5 Å². The second-order valence-corrected chi connectivity index (χ2v) is 11.1. The third-order valence-electron chi connectivity index (χ3n) is 6.49. The summed E-state index contributed by atoms with van der Waals surface area (Å²) < 4.78 is 14.3. The number of nitrogen functional groups attached to an aromatic ring is 1. The van der Waals surface area contributed by atoms with Crippen LogP contribution in [0.15, 0.2) is 24.5 Å². The first kappa shape index (κ1) is 24.9. The van der Waals surface area contributed by atoms with E-state index in [-0.39, 0.29) is 0 Å². The van der Waals surface area contributed by atoms with Crippen LogP contribution in [0.4, 0.5) is 5.82 Å². The Balaban J connectivity index is 1.71. The minimum absolute atomic E-state index is 0.442. The van der Waals surface area contributed by atoms with Crippen LogP contribution >= 0.6 is 11.3 Å². The highest BCUT2D eigenvalue weighted by molar-refractivity contribution is 7.22. The summed E-state index contributed by atoms with van der Waals surface area (Å²) in [6.45, 7) is 10.6. The first-order chi connectivity index (χ1) is 17.2. The van der Waals surface area contributed by atoms with Crippen molar-refractivity contribution in [2.75, 3.05) is 45.7 Å². The molecule has 9 nitrogen and oxygen atoms in total. The van der Waals surface area contributed by atoms with Gasteiger partial charge < -0.3 is 25.6 Å². The maximum absolute atomic E-state index is 10.3. The number of aliphatic hydroxyl groups is 1. The van der Waals surface area contributed by atoms with Crippen molar-refractivity contribution in [1.82, 2.24) is 24.8 Å². The lowest BCUT2D eigenvalue weighted by molar-refractivity contribution is 0.0332. The van der Waals surface area contributed by atoms with Crippen LogP contribution < -0.4 is 15.8 Å². The van der Waals surface area contributed by atoms with Gasteiger partial charge in [0.25, 0.3) is 0 Å². The van der Waals surface area contributed by atoms with E-state index in [0.717, 1.165) is 74.9 Å². The van der Waals surface area contributed by atoms with E-state index in [4.69, 9.17) is 15.2 Å². The normalized spacial score (nSPS) is 15.2. The van der Waals surface area contributed by atoms with Crippen LogP contribution in [0, 0.1) is 6.92 Å². The fraction of sp³-hybridized carbons (Fsp3) is 0.462. The largest absolute Gasteiger partial charge is 0.495 e. The van der Waals surface area contributed by atoms with Crippen molar-refractivity contribution < 1.29 is 14.6 Å². The van der Waals surface area contributed by atoms with Gasteiger partial charge in [-0.25, -0.2) is 9.50 Å². The number of anilines is 1. The topological polar surface area (TPSA) is 110 Å². The SMILES string of the molecule is COc1cc(C)cc2cc(-c3c(CNCC(C)(C)O)c(CN4CCOCC4)n4ncnc(N)c34)sc12. The van der Waals surface area contributed by atoms with Gasteiger partial charge in [-0.3, -0.25) is 4.90 Å². The fourth-order valence-corrected chi connectivity index (χ4v) is 6.05. The Hall–Kier alpha value is -2.76. The molecule has 3 aromatic heterocycles. The monoisotopic (exact) mass is 510 g/mol. The molecule has 4 heterocycles. The van der Waals surface area contributed by atoms with Crippen molar-refractivity contribution >= 4 is 32.8 Å². The summed E-state index contributed by atoms with van der Waals surface area (Å²) in [5.74, 6) is 1.31. The minimum Gasteiger partial charge on any atom is -0.495 e. The van der Waals surface area contributed by atoms with Gasteiger partial charge in [-0.1, -0.05) is 6.07 Å². The molecule has 4 N–H and O–H groups in total. The molecule has 1 aliphatic rings. The second-order valence-electron chi connectivity index (χ2n) is 10.0. The van der Waals surface area contributed by atoms with Crippen LogP contribution in [-0.2, 0) is 17.8 Å². The Morgan fingerprint density at radius 2 is 2.03 bits per heavy atom. The number of morpholine rings is 1. The number of nitrogens with zero attached hydrogens (tertiary/aromatic N) is 4. The molecule has 1 aromatic carbocycles. The summed E-state index contributed by atoms with van der Waals surface area (Å²) in [5.41, 5.74) is 10.8. The number of aromatic nitrogens is 3. The van der Waals surface area contributed by atoms with Gasteiger partial charge in [0.05, 0.1) is 36.3 Å². The lowest BCUT2D eigenvalue weighted by atomic mass is 10.0. The van der Waals surface area contributed by atoms with Gasteiger partial charge in [-0.05, 0) is 49.4 Å². The van der Waals surface area contributed by atoms with Crippen molar-refractivity contribution in [2.24, 2.45) is 0 Å². The molecule has 192 valence electrons. The molecule has 1 fully saturated rings. The number of nitrogens with one attached hydrogen (secondary N) is 1. The number of hydrogen-bond donors (Lipinski definition) is 3. The molecular formula is C26H34N6O3S. The molecule has 0 saturated carbocycles. The fourth-order valence-electron chi connectivity index (χ4n) is 4.84. The van der Waals surface area contributed by atoms with E-state index in [1.807, 2.05) is 4.52 Å². The Morgan fingerprint density at radius 3 is 2.75 bits per heavy atom. The predicted molar refractivity (Wildman–Crippen MR) is 144 cm³/mol. The van der Waals surface area contributed by atoms with E-state index in [1.54, 1.807) is 32.3 Å². The van der Waals surface area contributed by atoms with E-state index in [0.29, 0.717) is 25.5 Å². The van der Waals surface area contributed by atoms with Gasteiger partial charge in [0.1, 0.15) is 17.6 Å². The lowest BCUT2D eigenvalue weighted by Gasteiger charge is -2.27. The lowest BCUT2D eigenvalue weighted by Crippen LogP contribution is -2.37. The Kier molecular flexibility index (Phi) is 6.88. The molecular weight excluding hydrogens is 476 g/mol. The van der Waals surface area contributed by atoms with Gasteiger partial charge in [-0.15, -0.1) is 11.3 Å². The van der Waals surface area contributed by atoms with E-state index >= 15 is 0 Å². The number of fused-ring (bicyclic) bond motifs is 2. The number of rotatable bonds is 8. The quantitative estimate of drug-likeness (QED) is 0.332. The molecule has 0 spiro atoms. The summed E-state index contributed by atoms with van der Waals surface area (Å²) in [7, 11) is 1.71. The average molecular weight is 511 g/mol. The van der Waals surface area contributed by atoms with Crippen LogP contribution in [-0.4, -0.2) is 70.2 Å². The predicted octanol–water partition coefficient (Wildman–Crippen LogP) is 3.20. The molecule has 0 radical (unpaired) electrons. The number of nitrogens with two attached hydrogens (primary N) is 1. The summed E-state index contributed by atoms with van der Waals surface area (Å²) in [6.07, 6.45) is 1.51. The molecule has 10 heteroatoms. The molecule has 0 unspecified atom stereocenters. The maximum atomic E-state index is 10.3. The van der Waals surface area contributed by atoms with Gasteiger partial charge in [0, 0.05) is 43.2 Å². The molecule has 0 aliphatic carbocycles. The van der Waals surface area contributed by atoms with Crippen molar-refractivity contribution in [3.05, 3.63) is 41.3 Å². The molecule has 4 aromatic rings. The number of benzene rings is 1. The maximum Gasteiger partial charge on any atom is 0.152 e. The zero-order valence-corrected chi connectivity index (χ0v) is 22.1. The number of methoxy groups -OCH3 is 1. The highest BCUT2D eigenvalue weighted by Gasteiger charge is 2.26. The molecule has 0 amide bonds. The zero-order valence-electron chi connectivity index (χ0n) is 21.3. The highest BCUT2D eigenvalue weighted by atomic mass is 32.1. The zero-order chi connectivity index (χ0) is 25.4. The number of thiophene rings is 1. The van der Waals surface area contributed by atoms with Crippen LogP contribution in [0.2, 0.25) is 0 Å². The van der Waals surface area contributed by atoms with Gasteiger partial charge in [0.15, 0.2) is 5.82 Å². The van der Waals surface area contributed by atoms with Crippen molar-refractivity contribution in [3.8, 4) is 16.2 Å². The molecule has 36 heavy (non-hydrogen) atoms. The second kappa shape index (κ2) is 9.95. The van der Waals surface area contributed by atoms with Gasteiger partial charge in [-0.2, -0.15) is 5.10 Å². The van der Waals surface area contributed by atoms with E-state index in [1.165, 1.54) is 6.33 Å². The van der Waals surface area contributed by atoms with Crippen LogP contribution in [0.1, 0.15) is 30.7 Å².